The van der Waals surface area contributed by atoms with Crippen molar-refractivity contribution in [3.8, 4) is 22.6 Å². The molecule has 3 aromatic heterocycles. The van der Waals surface area contributed by atoms with Gasteiger partial charge in [0, 0.05) is 34.4 Å². The second kappa shape index (κ2) is 10.2. The topological polar surface area (TPSA) is 43.9 Å². The Labute approximate surface area is 238 Å². The van der Waals surface area contributed by atoms with Crippen molar-refractivity contribution in [3.63, 3.8) is 0 Å². The van der Waals surface area contributed by atoms with Crippen LogP contribution in [0.4, 0.5) is 0 Å². The number of para-hydroxylation sites is 2. The molecule has 0 amide bonds. The number of fused-ring (bicyclic) bond motifs is 4. The van der Waals surface area contributed by atoms with E-state index in [1.165, 1.54) is 10.8 Å². The number of oxazole rings is 1. The Bertz CT molecular complexity index is 2060. The number of pyridine rings is 1. The molecule has 0 aliphatic rings. The summed E-state index contributed by atoms with van der Waals surface area (Å²) in [7, 11) is 0. The summed E-state index contributed by atoms with van der Waals surface area (Å²) in [5.41, 5.74) is 10.2. The molecule has 0 spiro atoms. The predicted molar refractivity (Wildman–Crippen MR) is 170 cm³/mol. The van der Waals surface area contributed by atoms with Crippen LogP contribution >= 0.6 is 0 Å². The average molecular weight is 530 g/mol. The van der Waals surface area contributed by atoms with Crippen molar-refractivity contribution in [2.24, 2.45) is 0 Å². The largest absolute Gasteiger partial charge is 0.436 e. The SMILES string of the molecule is C=C/C(=C\C=C(/C)c1ccc2nc(-c3ccc(-c4cccnc4)cc3)oc2c1)n1c2ccccc2c2ccccc21. The van der Waals surface area contributed by atoms with Crippen LogP contribution in [-0.2, 0) is 0 Å². The number of allylic oxidation sites excluding steroid dienone is 5. The quantitative estimate of drug-likeness (QED) is 0.201. The number of benzene rings is 4. The Morgan fingerprint density at radius 2 is 1.46 bits per heavy atom. The minimum Gasteiger partial charge on any atom is -0.436 e. The van der Waals surface area contributed by atoms with E-state index in [0.29, 0.717) is 5.89 Å². The zero-order valence-electron chi connectivity index (χ0n) is 22.7. The molecule has 0 aliphatic heterocycles. The lowest BCUT2D eigenvalue weighted by molar-refractivity contribution is 0.620. The molecule has 0 aliphatic carbocycles. The third-order valence-electron chi connectivity index (χ3n) is 7.52. The number of rotatable bonds is 6. The van der Waals surface area contributed by atoms with Crippen molar-refractivity contribution in [1.29, 1.82) is 0 Å². The Hall–Kier alpha value is -5.48. The highest BCUT2D eigenvalue weighted by atomic mass is 16.3. The van der Waals surface area contributed by atoms with Crippen molar-refractivity contribution in [2.45, 2.75) is 6.92 Å². The second-order valence-corrected chi connectivity index (χ2v) is 10.0. The highest BCUT2D eigenvalue weighted by Crippen LogP contribution is 2.33. The molecule has 3 heterocycles. The van der Waals surface area contributed by atoms with Gasteiger partial charge in [-0.1, -0.05) is 73.3 Å². The van der Waals surface area contributed by atoms with Crippen LogP contribution in [0.3, 0.4) is 0 Å². The monoisotopic (exact) mass is 529 g/mol. The number of nitrogens with zero attached hydrogens (tertiary/aromatic N) is 3. The molecule has 7 rings (SSSR count). The fourth-order valence-electron chi connectivity index (χ4n) is 5.37. The summed E-state index contributed by atoms with van der Waals surface area (Å²) in [5, 5.41) is 2.46. The third-order valence-corrected chi connectivity index (χ3v) is 7.52. The van der Waals surface area contributed by atoms with E-state index >= 15 is 0 Å². The van der Waals surface area contributed by atoms with E-state index in [-0.39, 0.29) is 0 Å². The molecule has 196 valence electrons. The Kier molecular flexibility index (Phi) is 6.14. The lowest BCUT2D eigenvalue weighted by Gasteiger charge is -2.08. The molecule has 0 N–H and O–H groups in total. The van der Waals surface area contributed by atoms with E-state index in [2.05, 4.69) is 114 Å². The molecule has 0 saturated heterocycles. The summed E-state index contributed by atoms with van der Waals surface area (Å²) < 4.78 is 8.48. The maximum atomic E-state index is 6.21. The molecule has 0 radical (unpaired) electrons. The van der Waals surface area contributed by atoms with Crippen LogP contribution in [0, 0.1) is 0 Å². The van der Waals surface area contributed by atoms with Crippen molar-refractivity contribution >= 4 is 44.2 Å². The fraction of sp³-hybridized carbons (Fsp3) is 0.0270. The van der Waals surface area contributed by atoms with Gasteiger partial charge in [0.15, 0.2) is 5.58 Å². The Balaban J connectivity index is 1.21. The standard InChI is InChI=1S/C37H27N3O/c1-3-30(40-34-12-6-4-10-31(34)32-11-5-7-13-35(32)40)20-14-25(2)28-19-21-33-36(23-28)41-37(39-33)27-17-15-26(16-18-27)29-9-8-22-38-24-29/h3-24H,1H2,2H3/b25-14+,30-20+. The predicted octanol–water partition coefficient (Wildman–Crippen LogP) is 9.80. The van der Waals surface area contributed by atoms with Crippen LogP contribution in [0.2, 0.25) is 0 Å². The Morgan fingerprint density at radius 1 is 0.756 bits per heavy atom. The summed E-state index contributed by atoms with van der Waals surface area (Å²) in [6.45, 7) is 6.24. The first-order valence-electron chi connectivity index (χ1n) is 13.6. The second-order valence-electron chi connectivity index (χ2n) is 10.0. The third kappa shape index (κ3) is 4.46. The van der Waals surface area contributed by atoms with E-state index in [4.69, 9.17) is 9.40 Å². The number of aromatic nitrogens is 3. The summed E-state index contributed by atoms with van der Waals surface area (Å²) in [4.78, 5) is 8.95. The normalized spacial score (nSPS) is 12.4. The van der Waals surface area contributed by atoms with Gasteiger partial charge in [-0.2, -0.15) is 0 Å². The van der Waals surface area contributed by atoms with Crippen LogP contribution in [0.25, 0.3) is 66.8 Å². The first-order valence-corrected chi connectivity index (χ1v) is 13.6. The van der Waals surface area contributed by atoms with Gasteiger partial charge in [-0.05, 0) is 83.8 Å². The van der Waals surface area contributed by atoms with E-state index < -0.39 is 0 Å². The fourth-order valence-corrected chi connectivity index (χ4v) is 5.37. The van der Waals surface area contributed by atoms with Gasteiger partial charge in [0.1, 0.15) is 5.52 Å². The van der Waals surface area contributed by atoms with Gasteiger partial charge < -0.3 is 8.98 Å². The summed E-state index contributed by atoms with van der Waals surface area (Å²) in [5.74, 6) is 0.608. The highest BCUT2D eigenvalue weighted by Gasteiger charge is 2.12. The summed E-state index contributed by atoms with van der Waals surface area (Å²) in [6, 6.07) is 35.4. The van der Waals surface area contributed by atoms with Gasteiger partial charge in [0.05, 0.1) is 11.0 Å². The number of hydrogen-bond donors (Lipinski definition) is 0. The molecule has 0 saturated carbocycles. The van der Waals surface area contributed by atoms with Gasteiger partial charge >= 0.3 is 0 Å². The van der Waals surface area contributed by atoms with Crippen LogP contribution in [0.5, 0.6) is 0 Å². The molecule has 0 fully saturated rings. The molecule has 4 aromatic carbocycles. The summed E-state index contributed by atoms with van der Waals surface area (Å²) >= 11 is 0. The maximum absolute atomic E-state index is 6.21. The van der Waals surface area contributed by atoms with Crippen molar-refractivity contribution in [3.05, 3.63) is 146 Å². The molecule has 4 nitrogen and oxygen atoms in total. The smallest absolute Gasteiger partial charge is 0.227 e. The zero-order chi connectivity index (χ0) is 27.8. The zero-order valence-corrected chi connectivity index (χ0v) is 22.7. The van der Waals surface area contributed by atoms with Gasteiger partial charge in [0.25, 0.3) is 0 Å². The van der Waals surface area contributed by atoms with Crippen LogP contribution in [0.1, 0.15) is 12.5 Å². The number of hydrogen-bond acceptors (Lipinski definition) is 3. The maximum Gasteiger partial charge on any atom is 0.227 e. The van der Waals surface area contributed by atoms with Crippen molar-refractivity contribution in [2.75, 3.05) is 0 Å². The average Bonchev–Trinajstić information content (AvgIpc) is 3.61. The molecular formula is C37H27N3O. The molecule has 0 unspecified atom stereocenters. The molecule has 4 heteroatoms. The minimum absolute atomic E-state index is 0.608. The Morgan fingerprint density at radius 3 is 2.15 bits per heavy atom. The van der Waals surface area contributed by atoms with Crippen LogP contribution in [-0.4, -0.2) is 14.5 Å². The first kappa shape index (κ1) is 24.6. The van der Waals surface area contributed by atoms with Crippen molar-refractivity contribution in [1.82, 2.24) is 14.5 Å². The molecule has 41 heavy (non-hydrogen) atoms. The molecule has 0 bridgehead atoms. The lowest BCUT2D eigenvalue weighted by Crippen LogP contribution is -1.93. The van der Waals surface area contributed by atoms with E-state index in [1.807, 2.05) is 36.5 Å². The first-order chi connectivity index (χ1) is 20.2. The van der Waals surface area contributed by atoms with Crippen LogP contribution < -0.4 is 0 Å². The van der Waals surface area contributed by atoms with Gasteiger partial charge in [-0.15, -0.1) is 0 Å². The molecular weight excluding hydrogens is 502 g/mol. The van der Waals surface area contributed by atoms with Crippen molar-refractivity contribution < 1.29 is 4.42 Å². The van der Waals surface area contributed by atoms with E-state index in [0.717, 1.165) is 55.7 Å². The molecule has 0 atom stereocenters. The summed E-state index contributed by atoms with van der Waals surface area (Å²) in [6.07, 6.45) is 9.81. The van der Waals surface area contributed by atoms with E-state index in [9.17, 15) is 0 Å². The van der Waals surface area contributed by atoms with Gasteiger partial charge in [0.2, 0.25) is 5.89 Å². The van der Waals surface area contributed by atoms with Gasteiger partial charge in [-0.3, -0.25) is 4.98 Å². The lowest BCUT2D eigenvalue weighted by atomic mass is 10.1. The van der Waals surface area contributed by atoms with E-state index in [1.54, 1.807) is 6.20 Å². The highest BCUT2D eigenvalue weighted by molar-refractivity contribution is 6.10. The molecule has 7 aromatic rings. The minimum atomic E-state index is 0.608. The van der Waals surface area contributed by atoms with Gasteiger partial charge in [-0.25, -0.2) is 4.98 Å². The van der Waals surface area contributed by atoms with Crippen LogP contribution in [0.15, 0.2) is 145 Å².